The molecular formula is C17H17ClFN6O2+. The third-order valence-electron chi connectivity index (χ3n) is 4.21. The number of hydrogen-bond donors (Lipinski definition) is 1. The molecule has 10 heteroatoms. The van der Waals surface area contributed by atoms with E-state index in [1.807, 2.05) is 0 Å². The van der Waals surface area contributed by atoms with Gasteiger partial charge in [-0.15, -0.1) is 5.10 Å². The number of nitrogens with zero attached hydrogens (tertiary/aromatic N) is 5. The Kier molecular flexibility index (Phi) is 5.04. The summed E-state index contributed by atoms with van der Waals surface area (Å²) in [6.45, 7) is 3.97. The summed E-state index contributed by atoms with van der Waals surface area (Å²) in [5.74, 6) is -0.403. The van der Waals surface area contributed by atoms with Gasteiger partial charge in [0.1, 0.15) is 5.82 Å². The van der Waals surface area contributed by atoms with Crippen molar-refractivity contribution in [3.63, 3.8) is 0 Å². The normalized spacial score (nSPS) is 19.7. The van der Waals surface area contributed by atoms with Crippen molar-refractivity contribution in [2.75, 3.05) is 20.6 Å². The number of likely N-dealkylation sites (N-methyl/N-ethyl adjacent to an activating group) is 2. The molecule has 0 spiro atoms. The van der Waals surface area contributed by atoms with Crippen LogP contribution in [0, 0.1) is 5.82 Å². The van der Waals surface area contributed by atoms with Gasteiger partial charge < -0.3 is 0 Å². The Labute approximate surface area is 159 Å². The van der Waals surface area contributed by atoms with Crippen molar-refractivity contribution >= 4 is 41.5 Å². The van der Waals surface area contributed by atoms with E-state index in [0.717, 1.165) is 4.90 Å². The van der Waals surface area contributed by atoms with Crippen LogP contribution in [0.5, 0.6) is 0 Å². The van der Waals surface area contributed by atoms with Crippen LogP contribution in [0.1, 0.15) is 5.56 Å². The van der Waals surface area contributed by atoms with E-state index in [9.17, 15) is 14.0 Å². The van der Waals surface area contributed by atoms with E-state index in [1.165, 1.54) is 37.3 Å². The molecule has 1 N–H and O–H groups in total. The van der Waals surface area contributed by atoms with Crippen LogP contribution in [0.2, 0.25) is 5.02 Å². The minimum absolute atomic E-state index is 0.119. The van der Waals surface area contributed by atoms with Gasteiger partial charge in [0, 0.05) is 14.1 Å². The first-order chi connectivity index (χ1) is 12.9. The number of benzene rings is 1. The average molecular weight is 392 g/mol. The monoisotopic (exact) mass is 391 g/mol. The SMILES string of the molecule is C=CC[N+]1=C(N/N=C/c2c(F)cccc2Cl)N=C2C1C(=O)N(C)C(=O)N2C. The van der Waals surface area contributed by atoms with E-state index in [2.05, 4.69) is 22.1 Å². The highest BCUT2D eigenvalue weighted by molar-refractivity contribution is 6.33. The highest BCUT2D eigenvalue weighted by Gasteiger charge is 2.51. The Morgan fingerprint density at radius 2 is 2.15 bits per heavy atom. The molecule has 1 fully saturated rings. The first-order valence-electron chi connectivity index (χ1n) is 7.98. The van der Waals surface area contributed by atoms with E-state index in [-0.39, 0.29) is 28.9 Å². The lowest BCUT2D eigenvalue weighted by Crippen LogP contribution is -2.61. The average Bonchev–Trinajstić information content (AvgIpc) is 2.99. The van der Waals surface area contributed by atoms with Gasteiger partial charge in [-0.05, 0) is 12.1 Å². The fourth-order valence-corrected chi connectivity index (χ4v) is 3.02. The molecule has 27 heavy (non-hydrogen) atoms. The largest absolute Gasteiger partial charge is 0.414 e. The molecule has 3 rings (SSSR count). The number of imide groups is 1. The third-order valence-corrected chi connectivity index (χ3v) is 4.54. The van der Waals surface area contributed by atoms with Crippen LogP contribution in [-0.2, 0) is 4.79 Å². The molecule has 1 aromatic rings. The fourth-order valence-electron chi connectivity index (χ4n) is 2.81. The molecule has 2 aliphatic rings. The second-order valence-corrected chi connectivity index (χ2v) is 6.29. The summed E-state index contributed by atoms with van der Waals surface area (Å²) in [6, 6.07) is 3.06. The van der Waals surface area contributed by atoms with Crippen LogP contribution in [0.15, 0.2) is 40.9 Å². The molecule has 0 saturated carbocycles. The van der Waals surface area contributed by atoms with Gasteiger partial charge in [0.25, 0.3) is 5.91 Å². The number of nitrogens with one attached hydrogen (secondary N) is 1. The zero-order valence-electron chi connectivity index (χ0n) is 14.7. The zero-order chi connectivity index (χ0) is 19.7. The van der Waals surface area contributed by atoms with Crippen LogP contribution in [0.4, 0.5) is 9.18 Å². The third kappa shape index (κ3) is 3.21. The lowest BCUT2D eigenvalue weighted by molar-refractivity contribution is -0.527. The topological polar surface area (TPSA) is 80.4 Å². The number of hydrogen-bond acceptors (Lipinski definition) is 5. The Bertz CT molecular complexity index is 906. The van der Waals surface area contributed by atoms with Gasteiger partial charge in [0.15, 0.2) is 0 Å². The first-order valence-corrected chi connectivity index (χ1v) is 8.36. The summed E-state index contributed by atoms with van der Waals surface area (Å²) in [5.41, 5.74) is 2.81. The second kappa shape index (κ2) is 7.28. The van der Waals surface area contributed by atoms with E-state index < -0.39 is 23.8 Å². The molecule has 0 aliphatic carbocycles. The van der Waals surface area contributed by atoms with Crippen molar-refractivity contribution in [2.45, 2.75) is 6.04 Å². The van der Waals surface area contributed by atoms with E-state index in [4.69, 9.17) is 11.6 Å². The van der Waals surface area contributed by atoms with E-state index in [1.54, 1.807) is 16.7 Å². The summed E-state index contributed by atoms with van der Waals surface area (Å²) >= 11 is 5.96. The summed E-state index contributed by atoms with van der Waals surface area (Å²) in [5, 5.41) is 4.19. The number of carbonyl (C=O) groups excluding carboxylic acids is 2. The summed E-state index contributed by atoms with van der Waals surface area (Å²) < 4.78 is 15.4. The lowest BCUT2D eigenvalue weighted by atomic mass is 10.1. The van der Waals surface area contributed by atoms with Gasteiger partial charge in [-0.2, -0.15) is 5.43 Å². The van der Waals surface area contributed by atoms with Crippen molar-refractivity contribution in [3.05, 3.63) is 47.3 Å². The van der Waals surface area contributed by atoms with Crippen LogP contribution in [0.25, 0.3) is 0 Å². The predicted molar refractivity (Wildman–Crippen MR) is 99.6 cm³/mol. The summed E-state index contributed by atoms with van der Waals surface area (Å²) in [4.78, 5) is 31.3. The highest BCUT2D eigenvalue weighted by Crippen LogP contribution is 2.19. The molecule has 3 amide bonds. The molecule has 2 aliphatic heterocycles. The van der Waals surface area contributed by atoms with Crippen LogP contribution in [0.3, 0.4) is 0 Å². The minimum atomic E-state index is -0.773. The Morgan fingerprint density at radius 3 is 2.81 bits per heavy atom. The van der Waals surface area contributed by atoms with Crippen molar-refractivity contribution in [2.24, 2.45) is 10.1 Å². The molecule has 0 bridgehead atoms. The standard InChI is InChI=1S/C17H16ClFN6O2/c1-4-8-25-13-14(23(2)17(27)24(3)15(13)26)21-16(25)22-20-9-10-11(18)6-5-7-12(10)19/h4-7,9,13H,1,8H2,2-3H3/p+1/b20-9+. The number of guanidine groups is 1. The number of carbonyl (C=O) groups is 2. The Morgan fingerprint density at radius 1 is 1.41 bits per heavy atom. The second-order valence-electron chi connectivity index (χ2n) is 5.88. The van der Waals surface area contributed by atoms with Gasteiger partial charge in [-0.3, -0.25) is 14.6 Å². The van der Waals surface area contributed by atoms with E-state index >= 15 is 0 Å². The molecule has 1 atom stereocenters. The molecule has 1 aromatic carbocycles. The molecule has 0 radical (unpaired) electrons. The number of amidine groups is 1. The van der Waals surface area contributed by atoms with Crippen molar-refractivity contribution < 1.29 is 18.6 Å². The molecule has 140 valence electrons. The van der Waals surface area contributed by atoms with Crippen molar-refractivity contribution in [1.29, 1.82) is 0 Å². The van der Waals surface area contributed by atoms with Crippen LogP contribution >= 0.6 is 11.6 Å². The first kappa shape index (κ1) is 18.7. The van der Waals surface area contributed by atoms with Gasteiger partial charge in [-0.1, -0.05) is 35.3 Å². The number of fused-ring (bicyclic) bond motifs is 1. The number of rotatable bonds is 4. The predicted octanol–water partition coefficient (Wildman–Crippen LogP) is 1.26. The zero-order valence-corrected chi connectivity index (χ0v) is 15.4. The maximum Gasteiger partial charge on any atom is 0.414 e. The Hall–Kier alpha value is -3.07. The Balaban J connectivity index is 1.92. The number of amides is 3. The molecule has 2 heterocycles. The fraction of sp³-hybridized carbons (Fsp3) is 0.235. The number of urea groups is 1. The lowest BCUT2D eigenvalue weighted by Gasteiger charge is -2.31. The maximum absolute atomic E-state index is 13.8. The highest BCUT2D eigenvalue weighted by atomic mass is 35.5. The molecule has 1 saturated heterocycles. The maximum atomic E-state index is 13.8. The minimum Gasteiger partial charge on any atom is -0.270 e. The van der Waals surface area contributed by atoms with Crippen molar-refractivity contribution in [1.82, 2.24) is 15.2 Å². The quantitative estimate of drug-likeness (QED) is 0.363. The summed E-state index contributed by atoms with van der Waals surface area (Å²) in [6.07, 6.45) is 2.82. The molecular weight excluding hydrogens is 375 g/mol. The smallest absolute Gasteiger partial charge is 0.270 e. The van der Waals surface area contributed by atoms with Crippen LogP contribution in [-0.4, -0.2) is 71.0 Å². The van der Waals surface area contributed by atoms with Gasteiger partial charge in [0.05, 0.1) is 23.3 Å². The van der Waals surface area contributed by atoms with Gasteiger partial charge in [0.2, 0.25) is 11.9 Å². The van der Waals surface area contributed by atoms with Gasteiger partial charge in [-0.25, -0.2) is 13.8 Å². The molecule has 8 nitrogen and oxygen atoms in total. The summed E-state index contributed by atoms with van der Waals surface area (Å²) in [7, 11) is 2.95. The van der Waals surface area contributed by atoms with Crippen LogP contribution < -0.4 is 5.43 Å². The van der Waals surface area contributed by atoms with Crippen molar-refractivity contribution in [3.8, 4) is 0 Å². The number of hydrazone groups is 1. The molecule has 0 aromatic heterocycles. The number of halogens is 2. The number of aliphatic imine (C=N–C) groups is 1. The molecule has 1 unspecified atom stereocenters. The van der Waals surface area contributed by atoms with Gasteiger partial charge >= 0.3 is 12.0 Å². The van der Waals surface area contributed by atoms with E-state index in [0.29, 0.717) is 0 Å².